The van der Waals surface area contributed by atoms with E-state index < -0.39 is 0 Å². The third-order valence-corrected chi connectivity index (χ3v) is 3.82. The van der Waals surface area contributed by atoms with Crippen molar-refractivity contribution in [1.82, 2.24) is 10.6 Å². The molecule has 14 heavy (non-hydrogen) atoms. The molecule has 2 aliphatic carbocycles. The van der Waals surface area contributed by atoms with Gasteiger partial charge in [0.1, 0.15) is 5.84 Å². The van der Waals surface area contributed by atoms with E-state index in [1.54, 1.807) is 0 Å². The Kier molecular flexibility index (Phi) is 2.01. The molecule has 2 fully saturated rings. The average Bonchev–Trinajstić information content (AvgIpc) is 2.97. The van der Waals surface area contributed by atoms with Gasteiger partial charge in [0.05, 0.1) is 12.1 Å². The summed E-state index contributed by atoms with van der Waals surface area (Å²) in [6.07, 6.45) is 6.53. The lowest BCUT2D eigenvalue weighted by Gasteiger charge is -2.30. The van der Waals surface area contributed by atoms with Crippen LogP contribution in [0.5, 0.6) is 0 Å². The smallest absolute Gasteiger partial charge is 0.100 e. The van der Waals surface area contributed by atoms with Crippen molar-refractivity contribution in [2.75, 3.05) is 7.05 Å². The number of nitrogens with zero attached hydrogens (tertiary/aromatic N) is 1. The predicted molar refractivity (Wildman–Crippen MR) is 57.6 cm³/mol. The standard InChI is InChI=1S/C11H19N3/c1-12-8-4-5-9-10(6-8)14-11(13-9)7-2-3-7/h7-10,12H,2-6H2,1H3,(H,13,14). The minimum absolute atomic E-state index is 0.593. The van der Waals surface area contributed by atoms with Gasteiger partial charge in [-0.1, -0.05) is 0 Å². The van der Waals surface area contributed by atoms with E-state index in [0.717, 1.165) is 5.92 Å². The van der Waals surface area contributed by atoms with E-state index in [9.17, 15) is 0 Å². The summed E-state index contributed by atoms with van der Waals surface area (Å²) in [4.78, 5) is 4.82. The third kappa shape index (κ3) is 1.44. The van der Waals surface area contributed by atoms with Gasteiger partial charge in [-0.3, -0.25) is 4.99 Å². The van der Waals surface area contributed by atoms with E-state index in [2.05, 4.69) is 17.7 Å². The van der Waals surface area contributed by atoms with Gasteiger partial charge < -0.3 is 10.6 Å². The molecule has 0 aromatic rings. The molecule has 2 N–H and O–H groups in total. The van der Waals surface area contributed by atoms with Gasteiger partial charge in [0.25, 0.3) is 0 Å². The zero-order valence-corrected chi connectivity index (χ0v) is 8.79. The van der Waals surface area contributed by atoms with E-state index >= 15 is 0 Å². The second kappa shape index (κ2) is 3.23. The molecule has 0 aromatic heterocycles. The monoisotopic (exact) mass is 193 g/mol. The Hall–Kier alpha value is -0.570. The van der Waals surface area contributed by atoms with Crippen molar-refractivity contribution in [3.63, 3.8) is 0 Å². The number of hydrogen-bond donors (Lipinski definition) is 2. The maximum atomic E-state index is 4.82. The Morgan fingerprint density at radius 3 is 2.86 bits per heavy atom. The summed E-state index contributed by atoms with van der Waals surface area (Å²) in [5, 5.41) is 7.01. The lowest BCUT2D eigenvalue weighted by atomic mass is 9.88. The summed E-state index contributed by atoms with van der Waals surface area (Å²) >= 11 is 0. The fraction of sp³-hybridized carbons (Fsp3) is 0.909. The van der Waals surface area contributed by atoms with Crippen LogP contribution >= 0.6 is 0 Å². The Labute approximate surface area is 85.4 Å². The molecule has 78 valence electrons. The number of rotatable bonds is 2. The number of amidine groups is 1. The number of fused-ring (bicyclic) bond motifs is 1. The number of nitrogens with one attached hydrogen (secondary N) is 2. The molecule has 0 aromatic carbocycles. The van der Waals surface area contributed by atoms with Crippen molar-refractivity contribution in [3.05, 3.63) is 0 Å². The quantitative estimate of drug-likeness (QED) is 0.684. The van der Waals surface area contributed by atoms with E-state index in [-0.39, 0.29) is 0 Å². The van der Waals surface area contributed by atoms with Gasteiger partial charge >= 0.3 is 0 Å². The second-order valence-corrected chi connectivity index (χ2v) is 4.91. The topological polar surface area (TPSA) is 36.4 Å². The van der Waals surface area contributed by atoms with Gasteiger partial charge in [0, 0.05) is 12.0 Å². The molecular formula is C11H19N3. The summed E-state index contributed by atoms with van der Waals surface area (Å²) in [5.74, 6) is 2.13. The Balaban J connectivity index is 1.66. The van der Waals surface area contributed by atoms with Crippen LogP contribution in [0.25, 0.3) is 0 Å². The third-order valence-electron chi connectivity index (χ3n) is 3.82. The summed E-state index contributed by atoms with van der Waals surface area (Å²) in [5.41, 5.74) is 0. The highest BCUT2D eigenvalue weighted by Gasteiger charge is 2.39. The van der Waals surface area contributed by atoms with Crippen LogP contribution in [0.2, 0.25) is 0 Å². The van der Waals surface area contributed by atoms with Gasteiger partial charge in [-0.15, -0.1) is 0 Å². The van der Waals surface area contributed by atoms with Gasteiger partial charge in [0.15, 0.2) is 0 Å². The minimum atomic E-state index is 0.593. The van der Waals surface area contributed by atoms with Crippen LogP contribution in [0.1, 0.15) is 32.1 Å². The largest absolute Gasteiger partial charge is 0.369 e. The molecule has 0 spiro atoms. The van der Waals surface area contributed by atoms with Crippen molar-refractivity contribution in [3.8, 4) is 0 Å². The van der Waals surface area contributed by atoms with Crippen LogP contribution in [0.15, 0.2) is 4.99 Å². The molecule has 0 radical (unpaired) electrons. The Morgan fingerprint density at radius 2 is 2.14 bits per heavy atom. The highest BCUT2D eigenvalue weighted by molar-refractivity contribution is 5.88. The first-order chi connectivity index (χ1) is 6.86. The van der Waals surface area contributed by atoms with Crippen LogP contribution in [-0.4, -0.2) is 31.0 Å². The first-order valence-electron chi connectivity index (χ1n) is 5.88. The number of aliphatic imine (C=N–C) groups is 1. The summed E-state index contributed by atoms with van der Waals surface area (Å²) in [6, 6.07) is 1.93. The Bertz CT molecular complexity index is 257. The van der Waals surface area contributed by atoms with Crippen molar-refractivity contribution in [2.24, 2.45) is 10.9 Å². The second-order valence-electron chi connectivity index (χ2n) is 4.91. The van der Waals surface area contributed by atoms with Crippen LogP contribution in [0.3, 0.4) is 0 Å². The molecule has 0 amide bonds. The first-order valence-corrected chi connectivity index (χ1v) is 5.88. The molecule has 1 heterocycles. The fourth-order valence-corrected chi connectivity index (χ4v) is 2.71. The molecule has 2 saturated carbocycles. The highest BCUT2D eigenvalue weighted by atomic mass is 15.1. The lowest BCUT2D eigenvalue weighted by Crippen LogP contribution is -2.45. The maximum absolute atomic E-state index is 4.82. The normalized spacial score (nSPS) is 41.5. The summed E-state index contributed by atoms with van der Waals surface area (Å²) in [7, 11) is 2.07. The number of hydrogen-bond acceptors (Lipinski definition) is 3. The molecule has 3 heteroatoms. The van der Waals surface area contributed by atoms with E-state index in [1.165, 1.54) is 37.9 Å². The average molecular weight is 193 g/mol. The van der Waals surface area contributed by atoms with Gasteiger partial charge in [-0.25, -0.2) is 0 Å². The van der Waals surface area contributed by atoms with Crippen LogP contribution in [0.4, 0.5) is 0 Å². The molecule has 3 atom stereocenters. The van der Waals surface area contributed by atoms with Crippen molar-refractivity contribution in [2.45, 2.75) is 50.2 Å². The van der Waals surface area contributed by atoms with Gasteiger partial charge in [-0.05, 0) is 39.2 Å². The molecular weight excluding hydrogens is 174 g/mol. The van der Waals surface area contributed by atoms with Crippen LogP contribution in [-0.2, 0) is 0 Å². The molecule has 3 unspecified atom stereocenters. The van der Waals surface area contributed by atoms with Gasteiger partial charge in [-0.2, -0.15) is 0 Å². The van der Waals surface area contributed by atoms with E-state index in [4.69, 9.17) is 4.99 Å². The van der Waals surface area contributed by atoms with Crippen molar-refractivity contribution < 1.29 is 0 Å². The van der Waals surface area contributed by atoms with E-state index in [0.29, 0.717) is 18.1 Å². The molecule has 1 aliphatic heterocycles. The molecule has 0 saturated heterocycles. The maximum Gasteiger partial charge on any atom is 0.100 e. The summed E-state index contributed by atoms with van der Waals surface area (Å²) in [6.45, 7) is 0. The zero-order chi connectivity index (χ0) is 9.54. The fourth-order valence-electron chi connectivity index (χ4n) is 2.71. The molecule has 3 rings (SSSR count). The molecule has 3 aliphatic rings. The van der Waals surface area contributed by atoms with Crippen LogP contribution in [0, 0.1) is 5.92 Å². The predicted octanol–water partition coefficient (Wildman–Crippen LogP) is 0.907. The first kappa shape index (κ1) is 8.72. The molecule has 3 nitrogen and oxygen atoms in total. The lowest BCUT2D eigenvalue weighted by molar-refractivity contribution is 0.318. The van der Waals surface area contributed by atoms with Crippen molar-refractivity contribution in [1.29, 1.82) is 0 Å². The highest BCUT2D eigenvalue weighted by Crippen LogP contribution is 2.34. The molecule has 0 bridgehead atoms. The Morgan fingerprint density at radius 1 is 1.29 bits per heavy atom. The van der Waals surface area contributed by atoms with Crippen LogP contribution < -0.4 is 10.6 Å². The minimum Gasteiger partial charge on any atom is -0.369 e. The van der Waals surface area contributed by atoms with E-state index in [1.807, 2.05) is 0 Å². The summed E-state index contributed by atoms with van der Waals surface area (Å²) < 4.78 is 0. The SMILES string of the molecule is CNC1CCC2N=C(C3CC3)NC2C1. The van der Waals surface area contributed by atoms with Crippen molar-refractivity contribution >= 4 is 5.84 Å². The van der Waals surface area contributed by atoms with Gasteiger partial charge in [0.2, 0.25) is 0 Å². The zero-order valence-electron chi connectivity index (χ0n) is 8.79.